The van der Waals surface area contributed by atoms with E-state index in [-0.39, 0.29) is 17.2 Å². The van der Waals surface area contributed by atoms with Crippen molar-refractivity contribution in [3.63, 3.8) is 0 Å². The van der Waals surface area contributed by atoms with E-state index in [0.717, 1.165) is 5.56 Å². The van der Waals surface area contributed by atoms with E-state index in [0.29, 0.717) is 16.6 Å². The molecule has 0 saturated heterocycles. The number of amides is 1. The molecule has 0 unspecified atom stereocenters. The van der Waals surface area contributed by atoms with Crippen molar-refractivity contribution >= 4 is 29.1 Å². The highest BCUT2D eigenvalue weighted by Gasteiger charge is 2.14. The SMILES string of the molecule is CN(Cc1ccc(Cl)c(Cl)c1)C(=O)c1cccc(OC(F)F)c1. The van der Waals surface area contributed by atoms with Crippen molar-refractivity contribution in [2.24, 2.45) is 0 Å². The van der Waals surface area contributed by atoms with Crippen LogP contribution in [0, 0.1) is 0 Å². The van der Waals surface area contributed by atoms with E-state index >= 15 is 0 Å². The normalized spacial score (nSPS) is 10.7. The van der Waals surface area contributed by atoms with Gasteiger partial charge in [0.15, 0.2) is 0 Å². The largest absolute Gasteiger partial charge is 0.435 e. The highest BCUT2D eigenvalue weighted by molar-refractivity contribution is 6.42. The summed E-state index contributed by atoms with van der Waals surface area (Å²) in [6, 6.07) is 10.7. The topological polar surface area (TPSA) is 29.5 Å². The van der Waals surface area contributed by atoms with Gasteiger partial charge in [-0.15, -0.1) is 0 Å². The molecule has 0 radical (unpaired) electrons. The summed E-state index contributed by atoms with van der Waals surface area (Å²) in [5.41, 5.74) is 1.06. The number of alkyl halides is 2. The monoisotopic (exact) mass is 359 g/mol. The Bertz CT molecular complexity index is 710. The summed E-state index contributed by atoms with van der Waals surface area (Å²) in [6.45, 7) is -2.63. The molecule has 1 amide bonds. The van der Waals surface area contributed by atoms with Crippen LogP contribution in [0.2, 0.25) is 10.0 Å². The number of nitrogens with zero attached hydrogens (tertiary/aromatic N) is 1. The van der Waals surface area contributed by atoms with Gasteiger partial charge in [-0.1, -0.05) is 35.3 Å². The fourth-order valence-electron chi connectivity index (χ4n) is 2.01. The van der Waals surface area contributed by atoms with Crippen LogP contribution in [0.25, 0.3) is 0 Å². The van der Waals surface area contributed by atoms with Crippen molar-refractivity contribution in [2.45, 2.75) is 13.2 Å². The average Bonchev–Trinajstić information content (AvgIpc) is 2.49. The van der Waals surface area contributed by atoms with Crippen LogP contribution in [0.4, 0.5) is 8.78 Å². The van der Waals surface area contributed by atoms with Gasteiger partial charge in [0, 0.05) is 19.2 Å². The zero-order chi connectivity index (χ0) is 17.0. The van der Waals surface area contributed by atoms with Crippen molar-refractivity contribution < 1.29 is 18.3 Å². The van der Waals surface area contributed by atoms with Crippen LogP contribution in [-0.4, -0.2) is 24.5 Å². The van der Waals surface area contributed by atoms with Gasteiger partial charge < -0.3 is 9.64 Å². The zero-order valence-corrected chi connectivity index (χ0v) is 13.6. The number of carbonyl (C=O) groups excluding carboxylic acids is 1. The van der Waals surface area contributed by atoms with Gasteiger partial charge in [-0.2, -0.15) is 8.78 Å². The Hall–Kier alpha value is -1.85. The second kappa shape index (κ2) is 7.62. The second-order valence-electron chi connectivity index (χ2n) is 4.82. The first kappa shape index (κ1) is 17.5. The van der Waals surface area contributed by atoms with Crippen LogP contribution in [-0.2, 0) is 6.54 Å². The fraction of sp³-hybridized carbons (Fsp3) is 0.188. The van der Waals surface area contributed by atoms with Crippen molar-refractivity contribution in [1.29, 1.82) is 0 Å². The average molecular weight is 360 g/mol. The third-order valence-electron chi connectivity index (χ3n) is 3.06. The lowest BCUT2D eigenvalue weighted by atomic mass is 10.1. The van der Waals surface area contributed by atoms with Gasteiger partial charge in [-0.3, -0.25) is 4.79 Å². The van der Waals surface area contributed by atoms with Gasteiger partial charge in [-0.25, -0.2) is 0 Å². The summed E-state index contributed by atoms with van der Waals surface area (Å²) in [4.78, 5) is 13.8. The molecule has 0 bridgehead atoms. The maximum Gasteiger partial charge on any atom is 0.387 e. The maximum absolute atomic E-state index is 12.4. The van der Waals surface area contributed by atoms with Crippen molar-refractivity contribution in [2.75, 3.05) is 7.05 Å². The number of hydrogen-bond acceptors (Lipinski definition) is 2. The molecule has 0 N–H and O–H groups in total. The Morgan fingerprint density at radius 2 is 1.91 bits per heavy atom. The first-order valence-corrected chi connectivity index (χ1v) is 7.36. The van der Waals surface area contributed by atoms with E-state index in [4.69, 9.17) is 23.2 Å². The van der Waals surface area contributed by atoms with Crippen LogP contribution in [0.5, 0.6) is 5.75 Å². The third kappa shape index (κ3) is 4.81. The Morgan fingerprint density at radius 1 is 1.17 bits per heavy atom. The molecule has 7 heteroatoms. The molecular weight excluding hydrogens is 347 g/mol. The molecule has 3 nitrogen and oxygen atoms in total. The second-order valence-corrected chi connectivity index (χ2v) is 5.63. The Kier molecular flexibility index (Phi) is 5.80. The van der Waals surface area contributed by atoms with E-state index in [2.05, 4.69) is 4.74 Å². The molecule has 0 saturated carbocycles. The lowest BCUT2D eigenvalue weighted by Crippen LogP contribution is -2.26. The standard InChI is InChI=1S/C16H13Cl2F2NO2/c1-21(9-10-5-6-13(17)14(18)7-10)15(22)11-3-2-4-12(8-11)23-16(19)20/h2-8,16H,9H2,1H3. The van der Waals surface area contributed by atoms with Crippen LogP contribution in [0.15, 0.2) is 42.5 Å². The summed E-state index contributed by atoms with van der Waals surface area (Å²) in [5, 5.41) is 0.832. The highest BCUT2D eigenvalue weighted by atomic mass is 35.5. The highest BCUT2D eigenvalue weighted by Crippen LogP contribution is 2.23. The predicted molar refractivity (Wildman–Crippen MR) is 85.3 cm³/mol. The molecular formula is C16H13Cl2F2NO2. The first-order chi connectivity index (χ1) is 10.9. The van der Waals surface area contributed by atoms with Crippen LogP contribution >= 0.6 is 23.2 Å². The lowest BCUT2D eigenvalue weighted by Gasteiger charge is -2.18. The minimum absolute atomic E-state index is 0.0613. The molecule has 2 rings (SSSR count). The molecule has 2 aromatic carbocycles. The van der Waals surface area contributed by atoms with Gasteiger partial charge in [0.1, 0.15) is 5.75 Å². The summed E-state index contributed by atoms with van der Waals surface area (Å²) in [5.74, 6) is -0.385. The first-order valence-electron chi connectivity index (χ1n) is 6.61. The summed E-state index contributed by atoms with van der Waals surface area (Å²) in [6.07, 6.45) is 0. The summed E-state index contributed by atoms with van der Waals surface area (Å²) >= 11 is 11.8. The van der Waals surface area contributed by atoms with E-state index < -0.39 is 6.61 Å². The Balaban J connectivity index is 2.11. The quantitative estimate of drug-likeness (QED) is 0.762. The van der Waals surface area contributed by atoms with Crippen LogP contribution in [0.1, 0.15) is 15.9 Å². The zero-order valence-electron chi connectivity index (χ0n) is 12.1. The molecule has 0 atom stereocenters. The Morgan fingerprint density at radius 3 is 2.57 bits per heavy atom. The van der Waals surface area contributed by atoms with E-state index in [1.165, 1.54) is 29.2 Å². The fourth-order valence-corrected chi connectivity index (χ4v) is 2.33. The molecule has 122 valence electrons. The van der Waals surface area contributed by atoms with E-state index in [1.807, 2.05) is 0 Å². The third-order valence-corrected chi connectivity index (χ3v) is 3.80. The number of ether oxygens (including phenoxy) is 1. The smallest absolute Gasteiger partial charge is 0.387 e. The molecule has 0 aliphatic heterocycles. The van der Waals surface area contributed by atoms with Crippen molar-refractivity contribution in [3.8, 4) is 5.75 Å². The molecule has 2 aromatic rings. The maximum atomic E-state index is 12.4. The van der Waals surface area contributed by atoms with Gasteiger partial charge in [0.2, 0.25) is 0 Å². The molecule has 0 aliphatic rings. The van der Waals surface area contributed by atoms with Gasteiger partial charge in [0.25, 0.3) is 5.91 Å². The van der Waals surface area contributed by atoms with E-state index in [1.54, 1.807) is 25.2 Å². The number of halogens is 4. The molecule has 0 spiro atoms. The molecule has 23 heavy (non-hydrogen) atoms. The molecule has 0 aliphatic carbocycles. The van der Waals surface area contributed by atoms with E-state index in [9.17, 15) is 13.6 Å². The number of hydrogen-bond donors (Lipinski definition) is 0. The van der Waals surface area contributed by atoms with Crippen LogP contribution in [0.3, 0.4) is 0 Å². The molecule has 0 aromatic heterocycles. The predicted octanol–water partition coefficient (Wildman–Crippen LogP) is 4.87. The summed E-state index contributed by atoms with van der Waals surface area (Å²) < 4.78 is 28.8. The molecule has 0 fully saturated rings. The molecule has 0 heterocycles. The van der Waals surface area contributed by atoms with Gasteiger partial charge in [0.05, 0.1) is 10.0 Å². The minimum Gasteiger partial charge on any atom is -0.435 e. The van der Waals surface area contributed by atoms with Crippen molar-refractivity contribution in [1.82, 2.24) is 4.90 Å². The van der Waals surface area contributed by atoms with Crippen molar-refractivity contribution in [3.05, 3.63) is 63.6 Å². The minimum atomic E-state index is -2.94. The number of rotatable bonds is 5. The van der Waals surface area contributed by atoms with Crippen LogP contribution < -0.4 is 4.74 Å². The lowest BCUT2D eigenvalue weighted by molar-refractivity contribution is -0.0499. The van der Waals surface area contributed by atoms with Gasteiger partial charge in [-0.05, 0) is 35.9 Å². The Labute approximate surface area is 142 Å². The number of carbonyl (C=O) groups is 1. The number of benzene rings is 2. The van der Waals surface area contributed by atoms with Gasteiger partial charge >= 0.3 is 6.61 Å². The summed E-state index contributed by atoms with van der Waals surface area (Å²) in [7, 11) is 1.60.